The van der Waals surface area contributed by atoms with Crippen LogP contribution in [-0.2, 0) is 42.1 Å². The van der Waals surface area contributed by atoms with Gasteiger partial charge in [-0.25, -0.2) is 0 Å². The van der Waals surface area contributed by atoms with Crippen LogP contribution in [0, 0.1) is 17.3 Å². The van der Waals surface area contributed by atoms with Gasteiger partial charge < -0.3 is 33.2 Å². The molecule has 2 aromatic carbocycles. The summed E-state index contributed by atoms with van der Waals surface area (Å²) in [4.78, 5) is 2.90. The molecule has 0 aromatic heterocycles. The Bertz CT molecular complexity index is 1370. The van der Waals surface area contributed by atoms with Crippen molar-refractivity contribution in [3.05, 3.63) is 59.2 Å². The lowest BCUT2D eigenvalue weighted by Gasteiger charge is -2.74. The van der Waals surface area contributed by atoms with Gasteiger partial charge in [0, 0.05) is 42.0 Å². The zero-order valence-electron chi connectivity index (χ0n) is 27.7. The molecular weight excluding hydrogens is 582 g/mol. The number of methoxy groups -OCH3 is 2. The summed E-state index contributed by atoms with van der Waals surface area (Å²) in [6.45, 7) is 6.97. The minimum atomic E-state index is -0.460. The van der Waals surface area contributed by atoms with E-state index >= 15 is 0 Å². The van der Waals surface area contributed by atoms with Gasteiger partial charge in [0.05, 0.1) is 60.0 Å². The molecule has 4 bridgehead atoms. The van der Waals surface area contributed by atoms with E-state index in [4.69, 9.17) is 33.2 Å². The fourth-order valence-electron chi connectivity index (χ4n) is 10.4. The number of benzene rings is 2. The second-order valence-corrected chi connectivity index (χ2v) is 14.6. The first kappa shape index (κ1) is 31.1. The molecule has 6 atom stereocenters. The third kappa shape index (κ3) is 4.93. The molecule has 1 unspecified atom stereocenters. The fraction of sp³-hybridized carbons (Fsp3) is 0.684. The Hall–Kier alpha value is -2.20. The first-order valence-corrected chi connectivity index (χ1v) is 17.7. The number of piperidine rings is 1. The molecule has 46 heavy (non-hydrogen) atoms. The van der Waals surface area contributed by atoms with Gasteiger partial charge in [0.25, 0.3) is 0 Å². The minimum Gasteiger partial charge on any atom is -0.493 e. The van der Waals surface area contributed by atoms with Crippen molar-refractivity contribution < 1.29 is 33.2 Å². The van der Waals surface area contributed by atoms with Crippen LogP contribution in [0.1, 0.15) is 55.2 Å². The number of nitrogens with zero attached hydrogens (tertiary/aromatic N) is 1. The molecule has 0 radical (unpaired) electrons. The fourth-order valence-corrected chi connectivity index (χ4v) is 10.4. The molecule has 4 saturated carbocycles. The summed E-state index contributed by atoms with van der Waals surface area (Å²) in [5.74, 6) is 2.94. The molecule has 0 amide bonds. The van der Waals surface area contributed by atoms with Crippen LogP contribution in [0.5, 0.6) is 11.5 Å². The van der Waals surface area contributed by atoms with Crippen molar-refractivity contribution in [1.82, 2.24) is 4.90 Å². The Labute approximate surface area is 273 Å². The molecule has 2 spiro atoms. The summed E-state index contributed by atoms with van der Waals surface area (Å²) in [5, 5.41) is 0. The highest BCUT2D eigenvalue weighted by Crippen LogP contribution is 2.76. The summed E-state index contributed by atoms with van der Waals surface area (Å²) in [6.07, 6.45) is 8.18. The first-order valence-electron chi connectivity index (χ1n) is 17.7. The van der Waals surface area contributed by atoms with Gasteiger partial charge in [0.1, 0.15) is 11.7 Å². The number of hydrogen-bond acceptors (Lipinski definition) is 8. The highest BCUT2D eigenvalue weighted by atomic mass is 16.6. The molecule has 0 N–H and O–H groups in total. The minimum absolute atomic E-state index is 0.0684. The van der Waals surface area contributed by atoms with Crippen molar-refractivity contribution in [2.24, 2.45) is 17.3 Å². The van der Waals surface area contributed by atoms with Crippen molar-refractivity contribution >= 4 is 0 Å². The predicted octanol–water partition coefficient (Wildman–Crippen LogP) is 5.19. The molecule has 8 nitrogen and oxygen atoms in total. The standard InChI is InChI=1S/C38H51NO7/c1-40-16-17-42-18-19-43-20-21-45-38-13-12-36(23-30(38)26-44-25-28-6-4-3-5-7-28)32-22-29-10-11-31(41-2)34-33(29)37(36,35(38)46-34)14-15-39(32)24-27-8-9-27/h3-7,10-11,27,30,32,35H,8-9,12-26H2,1-2H3/t30-,32?,35-,36-,37+,38-/m1/s1. The maximum absolute atomic E-state index is 7.29. The van der Waals surface area contributed by atoms with Crippen molar-refractivity contribution in [3.8, 4) is 11.5 Å². The SMILES string of the molecule is COCCOCCOCCO[C@]12CC[C@@]3(C[C@@H]1COCc1ccccc1)C1Cc4ccc(OC)c5c4[C@@]3(CCN1CC1CC1)[C@H]2O5. The molecule has 8 heteroatoms. The van der Waals surface area contributed by atoms with Gasteiger partial charge in [-0.2, -0.15) is 0 Å². The maximum atomic E-state index is 7.29. The summed E-state index contributed by atoms with van der Waals surface area (Å²) in [6, 6.07) is 15.5. The second-order valence-electron chi connectivity index (χ2n) is 14.6. The predicted molar refractivity (Wildman–Crippen MR) is 174 cm³/mol. The monoisotopic (exact) mass is 633 g/mol. The van der Waals surface area contributed by atoms with Gasteiger partial charge in [-0.3, -0.25) is 4.90 Å². The quantitative estimate of drug-likeness (QED) is 0.221. The van der Waals surface area contributed by atoms with E-state index in [0.717, 1.165) is 56.1 Å². The van der Waals surface area contributed by atoms with Crippen LogP contribution >= 0.6 is 0 Å². The average Bonchev–Trinajstić information content (AvgIpc) is 3.83. The van der Waals surface area contributed by atoms with Crippen LogP contribution in [0.15, 0.2) is 42.5 Å². The number of ether oxygens (including phenoxy) is 7. The molecular formula is C38H51NO7. The Kier molecular flexibility index (Phi) is 8.57. The lowest BCUT2D eigenvalue weighted by molar-refractivity contribution is -0.292. The molecule has 1 saturated heterocycles. The van der Waals surface area contributed by atoms with Crippen LogP contribution in [-0.4, -0.2) is 96.2 Å². The van der Waals surface area contributed by atoms with Crippen LogP contribution < -0.4 is 9.47 Å². The molecule has 5 aliphatic carbocycles. The van der Waals surface area contributed by atoms with E-state index in [2.05, 4.69) is 47.4 Å². The third-order valence-corrected chi connectivity index (χ3v) is 12.5. The van der Waals surface area contributed by atoms with Gasteiger partial charge in [0.2, 0.25) is 0 Å². The zero-order chi connectivity index (χ0) is 31.2. The van der Waals surface area contributed by atoms with Crippen LogP contribution in [0.25, 0.3) is 0 Å². The van der Waals surface area contributed by atoms with Gasteiger partial charge in [0.15, 0.2) is 11.5 Å². The molecule has 9 rings (SSSR count). The van der Waals surface area contributed by atoms with Crippen molar-refractivity contribution in [2.45, 2.75) is 74.7 Å². The van der Waals surface area contributed by atoms with Gasteiger partial charge >= 0.3 is 0 Å². The Morgan fingerprint density at radius 2 is 1.67 bits per heavy atom. The molecule has 2 heterocycles. The Morgan fingerprint density at radius 1 is 0.870 bits per heavy atom. The molecule has 2 aliphatic heterocycles. The lowest BCUT2D eigenvalue weighted by atomic mass is 9.35. The third-order valence-electron chi connectivity index (χ3n) is 12.5. The van der Waals surface area contributed by atoms with Gasteiger partial charge in [-0.15, -0.1) is 0 Å². The van der Waals surface area contributed by atoms with Gasteiger partial charge in [-0.1, -0.05) is 36.4 Å². The highest BCUT2D eigenvalue weighted by molar-refractivity contribution is 5.63. The number of fused-ring (bicyclic) bond motifs is 2. The van der Waals surface area contributed by atoms with Crippen LogP contribution in [0.3, 0.4) is 0 Å². The van der Waals surface area contributed by atoms with Crippen LogP contribution in [0.4, 0.5) is 0 Å². The number of hydrogen-bond donors (Lipinski definition) is 0. The summed E-state index contributed by atoms with van der Waals surface area (Å²) in [7, 11) is 3.46. The summed E-state index contributed by atoms with van der Waals surface area (Å²) in [5.41, 5.74) is 3.72. The number of likely N-dealkylation sites (tertiary alicyclic amines) is 1. The van der Waals surface area contributed by atoms with E-state index in [1.807, 2.05) is 0 Å². The normalized spacial score (nSPS) is 33.6. The number of rotatable bonds is 17. The summed E-state index contributed by atoms with van der Waals surface area (Å²) < 4.78 is 43.7. The molecule has 250 valence electrons. The Morgan fingerprint density at radius 3 is 2.46 bits per heavy atom. The maximum Gasteiger partial charge on any atom is 0.165 e. The largest absolute Gasteiger partial charge is 0.493 e. The smallest absolute Gasteiger partial charge is 0.165 e. The Balaban J connectivity index is 1.10. The van der Waals surface area contributed by atoms with E-state index < -0.39 is 5.60 Å². The summed E-state index contributed by atoms with van der Waals surface area (Å²) >= 11 is 0. The highest BCUT2D eigenvalue weighted by Gasteiger charge is 2.80. The topological polar surface area (TPSA) is 67.9 Å². The van der Waals surface area contributed by atoms with E-state index in [9.17, 15) is 0 Å². The average molecular weight is 634 g/mol. The van der Waals surface area contributed by atoms with Crippen molar-refractivity contribution in [3.63, 3.8) is 0 Å². The molecule has 7 aliphatic rings. The van der Waals surface area contributed by atoms with E-state index in [1.165, 1.54) is 36.1 Å². The van der Waals surface area contributed by atoms with E-state index in [1.54, 1.807) is 14.2 Å². The van der Waals surface area contributed by atoms with Crippen molar-refractivity contribution in [2.75, 3.05) is 73.6 Å². The molecule has 5 fully saturated rings. The van der Waals surface area contributed by atoms with Crippen molar-refractivity contribution in [1.29, 1.82) is 0 Å². The van der Waals surface area contributed by atoms with E-state index in [-0.39, 0.29) is 22.9 Å². The van der Waals surface area contributed by atoms with E-state index in [0.29, 0.717) is 58.9 Å². The molecule has 2 aromatic rings. The zero-order valence-corrected chi connectivity index (χ0v) is 27.7. The second kappa shape index (κ2) is 12.7. The lowest BCUT2D eigenvalue weighted by Crippen LogP contribution is -2.81. The van der Waals surface area contributed by atoms with Crippen LogP contribution in [0.2, 0.25) is 0 Å². The first-order chi connectivity index (χ1) is 22.6. The van der Waals surface area contributed by atoms with Gasteiger partial charge in [-0.05, 0) is 74.6 Å².